The summed E-state index contributed by atoms with van der Waals surface area (Å²) in [4.78, 5) is 5.75. The lowest BCUT2D eigenvalue weighted by molar-refractivity contribution is 0.518. The second-order valence-corrected chi connectivity index (χ2v) is 6.93. The van der Waals surface area contributed by atoms with Crippen LogP contribution in [0.3, 0.4) is 0 Å². The van der Waals surface area contributed by atoms with E-state index in [2.05, 4.69) is 17.2 Å². The lowest BCUT2D eigenvalue weighted by Crippen LogP contribution is -2.17. The third-order valence-corrected chi connectivity index (χ3v) is 5.01. The molecule has 0 saturated heterocycles. The summed E-state index contributed by atoms with van der Waals surface area (Å²) in [5.74, 6) is 0.880. The molecule has 0 fully saturated rings. The Morgan fingerprint density at radius 1 is 1.42 bits per heavy atom. The van der Waals surface area contributed by atoms with Crippen LogP contribution in [0.5, 0.6) is 0 Å². The van der Waals surface area contributed by atoms with Gasteiger partial charge in [0.15, 0.2) is 0 Å². The van der Waals surface area contributed by atoms with Crippen LogP contribution in [0, 0.1) is 6.92 Å². The number of thiophene rings is 1. The molecule has 0 radical (unpaired) electrons. The van der Waals surface area contributed by atoms with Crippen LogP contribution in [0.25, 0.3) is 10.2 Å². The largest absolute Gasteiger partial charge is 0.467 e. The van der Waals surface area contributed by atoms with Gasteiger partial charge in [0, 0.05) is 17.0 Å². The highest BCUT2D eigenvalue weighted by Gasteiger charge is 2.15. The molecule has 3 aromatic rings. The van der Waals surface area contributed by atoms with Crippen LogP contribution in [-0.4, -0.2) is 11.0 Å². The Morgan fingerprint density at radius 3 is 2.79 bits per heavy atom. The molecule has 0 aliphatic carbocycles. The average molecular weight is 409 g/mol. The molecule has 0 aromatic carbocycles. The summed E-state index contributed by atoms with van der Waals surface area (Å²) in [5.41, 5.74) is 9.04. The number of nitrogens with one attached hydrogen (secondary N) is 1. The van der Waals surface area contributed by atoms with Gasteiger partial charge in [0.1, 0.15) is 10.9 Å². The van der Waals surface area contributed by atoms with Crippen molar-refractivity contribution < 1.29 is 4.42 Å². The minimum Gasteiger partial charge on any atom is -0.467 e. The normalized spacial score (nSPS) is 11.7. The Bertz CT molecular complexity index is 788. The first kappa shape index (κ1) is 21.1. The van der Waals surface area contributed by atoms with Gasteiger partial charge in [-0.1, -0.05) is 11.6 Å². The Labute approximate surface area is 162 Å². The predicted molar refractivity (Wildman–Crippen MR) is 107 cm³/mol. The molecule has 0 bridgehead atoms. The number of nitrogens with zero attached hydrogens (tertiary/aromatic N) is 1. The molecule has 8 heteroatoms. The van der Waals surface area contributed by atoms with Gasteiger partial charge < -0.3 is 15.5 Å². The van der Waals surface area contributed by atoms with E-state index in [0.717, 1.165) is 28.1 Å². The van der Waals surface area contributed by atoms with Crippen molar-refractivity contribution in [2.24, 2.45) is 5.73 Å². The maximum absolute atomic E-state index is 6.18. The number of halogens is 3. The molecule has 24 heavy (non-hydrogen) atoms. The summed E-state index contributed by atoms with van der Waals surface area (Å²) >= 11 is 7.91. The van der Waals surface area contributed by atoms with Gasteiger partial charge in [-0.2, -0.15) is 0 Å². The van der Waals surface area contributed by atoms with E-state index < -0.39 is 0 Å². The number of aryl methyl sites for hydroxylation is 1. The summed E-state index contributed by atoms with van der Waals surface area (Å²) in [6, 6.07) is 5.80. The lowest BCUT2D eigenvalue weighted by Gasteiger charge is -2.06. The highest BCUT2D eigenvalue weighted by Crippen LogP contribution is 2.37. The van der Waals surface area contributed by atoms with Crippen molar-refractivity contribution in [2.45, 2.75) is 32.9 Å². The van der Waals surface area contributed by atoms with E-state index in [-0.39, 0.29) is 30.9 Å². The van der Waals surface area contributed by atoms with Gasteiger partial charge in [-0.05, 0) is 38.0 Å². The zero-order chi connectivity index (χ0) is 15.7. The molecule has 4 nitrogen and oxygen atoms in total. The molecule has 1 atom stereocenters. The van der Waals surface area contributed by atoms with Crippen LogP contribution < -0.4 is 11.1 Å². The van der Waals surface area contributed by atoms with E-state index in [0.29, 0.717) is 11.7 Å². The molecule has 0 aliphatic rings. The molecule has 0 unspecified atom stereocenters. The third kappa shape index (κ3) is 4.55. The lowest BCUT2D eigenvalue weighted by atomic mass is 10.1. The standard InChI is InChI=1S/C16H18ClN3OS.2ClH/c1-9(18)6-13-10(2)15-16(22-13)12(7-14(17)20-15)19-8-11-4-3-5-21-11;;/h3-5,7,9H,6,8,18H2,1-2H3,(H,19,20);2*1H/t9-;;/m0../s1. The van der Waals surface area contributed by atoms with E-state index in [1.165, 1.54) is 10.4 Å². The summed E-state index contributed by atoms with van der Waals surface area (Å²) in [6.07, 6.45) is 2.52. The van der Waals surface area contributed by atoms with Crippen molar-refractivity contribution in [3.63, 3.8) is 0 Å². The van der Waals surface area contributed by atoms with Gasteiger partial charge in [-0.3, -0.25) is 0 Å². The van der Waals surface area contributed by atoms with Crippen molar-refractivity contribution in [2.75, 3.05) is 5.32 Å². The first-order valence-corrected chi connectivity index (χ1v) is 8.34. The second kappa shape index (κ2) is 8.92. The smallest absolute Gasteiger partial charge is 0.131 e. The van der Waals surface area contributed by atoms with Crippen LogP contribution in [0.2, 0.25) is 5.15 Å². The van der Waals surface area contributed by atoms with E-state index in [4.69, 9.17) is 21.8 Å². The molecular formula is C16H20Cl3N3OS. The SMILES string of the molecule is Cc1c(C[C@H](C)N)sc2c(NCc3ccco3)cc(Cl)nc12.Cl.Cl. The summed E-state index contributed by atoms with van der Waals surface area (Å²) in [7, 11) is 0. The number of nitrogens with two attached hydrogens (primary N) is 1. The Kier molecular flexibility index (Phi) is 7.83. The minimum atomic E-state index is 0. The number of furan rings is 1. The van der Waals surface area contributed by atoms with Crippen LogP contribution in [0.15, 0.2) is 28.9 Å². The van der Waals surface area contributed by atoms with Crippen molar-refractivity contribution in [3.8, 4) is 0 Å². The van der Waals surface area contributed by atoms with Gasteiger partial charge in [0.25, 0.3) is 0 Å². The zero-order valence-corrected chi connectivity index (χ0v) is 16.5. The fourth-order valence-electron chi connectivity index (χ4n) is 2.41. The summed E-state index contributed by atoms with van der Waals surface area (Å²) in [6.45, 7) is 4.71. The third-order valence-electron chi connectivity index (χ3n) is 3.48. The average Bonchev–Trinajstić information content (AvgIpc) is 3.07. The summed E-state index contributed by atoms with van der Waals surface area (Å²) in [5, 5.41) is 3.87. The number of hydrogen-bond acceptors (Lipinski definition) is 5. The maximum Gasteiger partial charge on any atom is 0.131 e. The van der Waals surface area contributed by atoms with Gasteiger partial charge >= 0.3 is 0 Å². The zero-order valence-electron chi connectivity index (χ0n) is 13.3. The molecule has 0 spiro atoms. The number of hydrogen-bond donors (Lipinski definition) is 2. The molecule has 132 valence electrons. The maximum atomic E-state index is 6.18. The number of pyridine rings is 1. The second-order valence-electron chi connectivity index (χ2n) is 5.43. The van der Waals surface area contributed by atoms with E-state index >= 15 is 0 Å². The Hall–Kier alpha value is -0.980. The van der Waals surface area contributed by atoms with Crippen molar-refractivity contribution >= 4 is 63.7 Å². The van der Waals surface area contributed by atoms with Crippen molar-refractivity contribution in [1.82, 2.24) is 4.98 Å². The first-order chi connectivity index (χ1) is 10.5. The quantitative estimate of drug-likeness (QED) is 0.570. The minimum absolute atomic E-state index is 0. The Morgan fingerprint density at radius 2 is 2.17 bits per heavy atom. The van der Waals surface area contributed by atoms with Crippen molar-refractivity contribution in [3.05, 3.63) is 45.8 Å². The van der Waals surface area contributed by atoms with Crippen molar-refractivity contribution in [1.29, 1.82) is 0 Å². The molecule has 3 N–H and O–H groups in total. The highest BCUT2D eigenvalue weighted by atomic mass is 35.5. The predicted octanol–water partition coefficient (Wildman–Crippen LogP) is 5.20. The van der Waals surface area contributed by atoms with E-state index in [1.54, 1.807) is 17.6 Å². The fourth-order valence-corrected chi connectivity index (χ4v) is 3.98. The molecule has 0 amide bonds. The summed E-state index contributed by atoms with van der Waals surface area (Å²) < 4.78 is 6.47. The molecule has 3 rings (SSSR count). The van der Waals surface area contributed by atoms with E-state index in [9.17, 15) is 0 Å². The fraction of sp³-hybridized carbons (Fsp3) is 0.312. The van der Waals surface area contributed by atoms with Gasteiger partial charge in [-0.15, -0.1) is 36.2 Å². The molecule has 0 aliphatic heterocycles. The number of anilines is 1. The Balaban J connectivity index is 0.00000144. The first-order valence-electron chi connectivity index (χ1n) is 7.15. The van der Waals surface area contributed by atoms with Gasteiger partial charge in [0.05, 0.1) is 28.7 Å². The van der Waals surface area contributed by atoms with Crippen LogP contribution in [-0.2, 0) is 13.0 Å². The molecular weight excluding hydrogens is 389 g/mol. The van der Waals surface area contributed by atoms with Crippen LogP contribution >= 0.6 is 47.8 Å². The number of rotatable bonds is 5. The number of fused-ring (bicyclic) bond motifs is 1. The van der Waals surface area contributed by atoms with Gasteiger partial charge in [-0.25, -0.2) is 4.98 Å². The molecule has 3 aromatic heterocycles. The topological polar surface area (TPSA) is 64.1 Å². The highest BCUT2D eigenvalue weighted by molar-refractivity contribution is 7.19. The monoisotopic (exact) mass is 407 g/mol. The molecule has 3 heterocycles. The number of aromatic nitrogens is 1. The van der Waals surface area contributed by atoms with Gasteiger partial charge in [0.2, 0.25) is 0 Å². The van der Waals surface area contributed by atoms with Crippen LogP contribution in [0.4, 0.5) is 5.69 Å². The molecule has 0 saturated carbocycles. The van der Waals surface area contributed by atoms with Crippen LogP contribution in [0.1, 0.15) is 23.1 Å². The van der Waals surface area contributed by atoms with E-state index in [1.807, 2.05) is 25.1 Å².